The van der Waals surface area contributed by atoms with Gasteiger partial charge in [-0.1, -0.05) is 33.6 Å². The fourth-order valence-corrected chi connectivity index (χ4v) is 1.68. The van der Waals surface area contributed by atoms with Gasteiger partial charge in [-0.3, -0.25) is 0 Å². The van der Waals surface area contributed by atoms with Crippen LogP contribution >= 0.6 is 0 Å². The lowest BCUT2D eigenvalue weighted by atomic mass is 9.85. The minimum Gasteiger partial charge on any atom is -0.215 e. The van der Waals surface area contributed by atoms with Crippen LogP contribution in [-0.4, -0.2) is 21.2 Å². The average Bonchev–Trinajstić information content (AvgIpc) is 2.01. The molecule has 0 spiro atoms. The maximum atomic E-state index is 10.7. The van der Waals surface area contributed by atoms with E-state index in [1.807, 2.05) is 0 Å². The summed E-state index contributed by atoms with van der Waals surface area (Å²) in [7, 11) is -3.00. The summed E-state index contributed by atoms with van der Waals surface area (Å²) in [5.74, 6) is 0. The van der Waals surface area contributed by atoms with Crippen LogP contribution in [0.2, 0.25) is 0 Å². The first-order valence-corrected chi connectivity index (χ1v) is 7.10. The molecule has 0 rings (SSSR count). The van der Waals surface area contributed by atoms with E-state index >= 15 is 0 Å². The molecule has 0 aliphatic carbocycles. The van der Waals surface area contributed by atoms with E-state index in [1.54, 1.807) is 0 Å². The molecule has 0 radical (unpaired) electrons. The molecular formula is C10H23NO2S. The molecule has 0 heterocycles. The molecule has 0 bridgehead atoms. The molecule has 0 amide bonds. The summed E-state index contributed by atoms with van der Waals surface area (Å²) in [5, 5.41) is 0. The Balaban J connectivity index is 3.49. The molecule has 0 unspecified atom stereocenters. The van der Waals surface area contributed by atoms with Gasteiger partial charge in [0.15, 0.2) is 0 Å². The first-order chi connectivity index (χ1) is 6.27. The van der Waals surface area contributed by atoms with Gasteiger partial charge in [-0.15, -0.1) is 0 Å². The zero-order valence-corrected chi connectivity index (χ0v) is 10.6. The Kier molecular flexibility index (Phi) is 5.67. The Bertz CT molecular complexity index is 245. The van der Waals surface area contributed by atoms with Crippen molar-refractivity contribution in [2.24, 2.45) is 5.41 Å². The van der Waals surface area contributed by atoms with Crippen LogP contribution < -0.4 is 4.72 Å². The maximum absolute atomic E-state index is 10.7. The highest BCUT2D eigenvalue weighted by Gasteiger charge is 2.13. The van der Waals surface area contributed by atoms with Crippen LogP contribution in [-0.2, 0) is 10.0 Å². The van der Waals surface area contributed by atoms with E-state index in [4.69, 9.17) is 0 Å². The molecule has 0 aromatic heterocycles. The molecule has 86 valence electrons. The van der Waals surface area contributed by atoms with Crippen molar-refractivity contribution in [3.63, 3.8) is 0 Å². The van der Waals surface area contributed by atoms with Crippen molar-refractivity contribution in [1.29, 1.82) is 0 Å². The summed E-state index contributed by atoms with van der Waals surface area (Å²) in [6.07, 6.45) is 5.55. The molecule has 0 aliphatic heterocycles. The van der Waals surface area contributed by atoms with E-state index in [9.17, 15) is 8.42 Å². The van der Waals surface area contributed by atoms with Gasteiger partial charge in [0.1, 0.15) is 0 Å². The summed E-state index contributed by atoms with van der Waals surface area (Å²) in [5.41, 5.74) is 0.394. The van der Waals surface area contributed by atoms with Crippen LogP contribution in [0.3, 0.4) is 0 Å². The molecule has 0 aromatic carbocycles. The summed E-state index contributed by atoms with van der Waals surface area (Å²) >= 11 is 0. The largest absolute Gasteiger partial charge is 0.215 e. The van der Waals surface area contributed by atoms with E-state index in [0.717, 1.165) is 19.3 Å². The highest BCUT2D eigenvalue weighted by Crippen LogP contribution is 2.26. The van der Waals surface area contributed by atoms with Crippen molar-refractivity contribution in [2.45, 2.75) is 46.5 Å². The summed E-state index contributed by atoms with van der Waals surface area (Å²) in [4.78, 5) is 0. The Morgan fingerprint density at radius 1 is 1.21 bits per heavy atom. The van der Waals surface area contributed by atoms with E-state index < -0.39 is 10.0 Å². The first-order valence-electron chi connectivity index (χ1n) is 5.21. The lowest BCUT2D eigenvalue weighted by Gasteiger charge is -2.22. The number of hydrogen-bond donors (Lipinski definition) is 1. The number of rotatable bonds is 7. The van der Waals surface area contributed by atoms with Gasteiger partial charge >= 0.3 is 0 Å². The van der Waals surface area contributed by atoms with Gasteiger partial charge in [-0.05, 0) is 18.3 Å². The van der Waals surface area contributed by atoms with E-state index in [2.05, 4.69) is 25.5 Å². The second kappa shape index (κ2) is 5.71. The van der Waals surface area contributed by atoms with Crippen LogP contribution in [0.25, 0.3) is 0 Å². The van der Waals surface area contributed by atoms with Gasteiger partial charge in [0, 0.05) is 6.54 Å². The summed E-state index contributed by atoms with van der Waals surface area (Å²) in [6, 6.07) is 0. The third-order valence-corrected chi connectivity index (χ3v) is 3.33. The number of sulfonamides is 1. The quantitative estimate of drug-likeness (QED) is 0.669. The number of nitrogens with one attached hydrogen (secondary N) is 1. The van der Waals surface area contributed by atoms with E-state index in [0.29, 0.717) is 12.0 Å². The number of hydrogen-bond acceptors (Lipinski definition) is 2. The Morgan fingerprint density at radius 2 is 1.79 bits per heavy atom. The molecule has 0 atom stereocenters. The predicted molar refractivity (Wildman–Crippen MR) is 60.8 cm³/mol. The Morgan fingerprint density at radius 3 is 2.21 bits per heavy atom. The number of unbranched alkanes of at least 4 members (excludes halogenated alkanes) is 1. The minimum atomic E-state index is -3.00. The van der Waals surface area contributed by atoms with Crippen molar-refractivity contribution < 1.29 is 8.42 Å². The maximum Gasteiger partial charge on any atom is 0.208 e. The standard InChI is InChI=1S/C10H23NO2S/c1-5-10(2,3)8-6-7-9-11-14(4,12)13/h11H,5-9H2,1-4H3. The molecule has 0 fully saturated rings. The van der Waals surface area contributed by atoms with Gasteiger partial charge in [-0.2, -0.15) is 0 Å². The molecule has 3 nitrogen and oxygen atoms in total. The first kappa shape index (κ1) is 13.9. The predicted octanol–water partition coefficient (Wildman–Crippen LogP) is 2.14. The van der Waals surface area contributed by atoms with Crippen molar-refractivity contribution in [1.82, 2.24) is 4.72 Å². The third-order valence-electron chi connectivity index (χ3n) is 2.60. The van der Waals surface area contributed by atoms with Gasteiger partial charge in [0.05, 0.1) is 6.26 Å². The topological polar surface area (TPSA) is 46.2 Å². The molecule has 14 heavy (non-hydrogen) atoms. The fraction of sp³-hybridized carbons (Fsp3) is 1.00. The molecular weight excluding hydrogens is 198 g/mol. The average molecular weight is 221 g/mol. The monoisotopic (exact) mass is 221 g/mol. The van der Waals surface area contributed by atoms with Gasteiger partial charge < -0.3 is 0 Å². The highest BCUT2D eigenvalue weighted by molar-refractivity contribution is 7.88. The SMILES string of the molecule is CCC(C)(C)CCCCNS(C)(=O)=O. The lowest BCUT2D eigenvalue weighted by Crippen LogP contribution is -2.23. The Hall–Kier alpha value is -0.0900. The second-order valence-electron chi connectivity index (χ2n) is 4.64. The molecule has 4 heteroatoms. The summed E-state index contributed by atoms with van der Waals surface area (Å²) in [6.45, 7) is 7.25. The van der Waals surface area contributed by atoms with Crippen LogP contribution in [0.1, 0.15) is 46.5 Å². The minimum absolute atomic E-state index is 0.394. The molecule has 0 saturated carbocycles. The fourth-order valence-electron chi connectivity index (χ4n) is 1.16. The van der Waals surface area contributed by atoms with Crippen LogP contribution in [0.4, 0.5) is 0 Å². The molecule has 0 aliphatic rings. The van der Waals surface area contributed by atoms with Crippen molar-refractivity contribution >= 4 is 10.0 Å². The van der Waals surface area contributed by atoms with Crippen LogP contribution in [0.5, 0.6) is 0 Å². The highest BCUT2D eigenvalue weighted by atomic mass is 32.2. The molecule has 0 saturated heterocycles. The third kappa shape index (κ3) is 8.51. The van der Waals surface area contributed by atoms with Gasteiger partial charge in [0.2, 0.25) is 10.0 Å². The Labute approximate surface area is 88.3 Å². The second-order valence-corrected chi connectivity index (χ2v) is 6.47. The van der Waals surface area contributed by atoms with Gasteiger partial charge in [-0.25, -0.2) is 13.1 Å². The lowest BCUT2D eigenvalue weighted by molar-refractivity contribution is 0.309. The van der Waals surface area contributed by atoms with Crippen molar-refractivity contribution in [2.75, 3.05) is 12.8 Å². The normalized spacial score (nSPS) is 13.1. The van der Waals surface area contributed by atoms with Crippen LogP contribution in [0, 0.1) is 5.41 Å². The van der Waals surface area contributed by atoms with Crippen molar-refractivity contribution in [3.05, 3.63) is 0 Å². The summed E-state index contributed by atoms with van der Waals surface area (Å²) < 4.78 is 24.0. The molecule has 0 aromatic rings. The zero-order chi connectivity index (χ0) is 11.2. The zero-order valence-electron chi connectivity index (χ0n) is 9.76. The molecule has 1 N–H and O–H groups in total. The smallest absolute Gasteiger partial charge is 0.208 e. The van der Waals surface area contributed by atoms with Crippen LogP contribution in [0.15, 0.2) is 0 Å². The van der Waals surface area contributed by atoms with E-state index in [1.165, 1.54) is 12.7 Å². The van der Waals surface area contributed by atoms with Gasteiger partial charge in [0.25, 0.3) is 0 Å². The van der Waals surface area contributed by atoms with Crippen molar-refractivity contribution in [3.8, 4) is 0 Å². The van der Waals surface area contributed by atoms with E-state index in [-0.39, 0.29) is 0 Å².